The van der Waals surface area contributed by atoms with Gasteiger partial charge in [0.15, 0.2) is 0 Å². The lowest BCUT2D eigenvalue weighted by molar-refractivity contribution is 0.0697. The fourth-order valence-electron chi connectivity index (χ4n) is 3.05. The molecular formula is C19H19N5O4. The van der Waals surface area contributed by atoms with Gasteiger partial charge in [0.25, 0.3) is 5.56 Å². The summed E-state index contributed by atoms with van der Waals surface area (Å²) in [6.45, 7) is 2.53. The van der Waals surface area contributed by atoms with Crippen LogP contribution in [0.3, 0.4) is 0 Å². The van der Waals surface area contributed by atoms with Crippen molar-refractivity contribution in [2.24, 2.45) is 7.05 Å². The minimum Gasteiger partial charge on any atom is -0.478 e. The minimum atomic E-state index is -0.998. The highest BCUT2D eigenvalue weighted by molar-refractivity contribution is 5.92. The van der Waals surface area contributed by atoms with Crippen LogP contribution in [0, 0.1) is 0 Å². The molecule has 0 amide bonds. The van der Waals surface area contributed by atoms with Gasteiger partial charge in [-0.3, -0.25) is 4.79 Å². The van der Waals surface area contributed by atoms with Gasteiger partial charge in [0.2, 0.25) is 5.95 Å². The van der Waals surface area contributed by atoms with Crippen molar-refractivity contribution in [3.05, 3.63) is 52.4 Å². The Labute approximate surface area is 160 Å². The van der Waals surface area contributed by atoms with Gasteiger partial charge >= 0.3 is 5.97 Å². The fourth-order valence-corrected chi connectivity index (χ4v) is 3.05. The maximum atomic E-state index is 12.7. The van der Waals surface area contributed by atoms with Crippen molar-refractivity contribution in [3.63, 3.8) is 0 Å². The molecule has 9 heteroatoms. The fraction of sp³-hybridized carbons (Fsp3) is 0.263. The van der Waals surface area contributed by atoms with Gasteiger partial charge in [0.05, 0.1) is 24.3 Å². The summed E-state index contributed by atoms with van der Waals surface area (Å²) in [5, 5.41) is 12.6. The second kappa shape index (κ2) is 7.28. The smallest absolute Gasteiger partial charge is 0.335 e. The van der Waals surface area contributed by atoms with Gasteiger partial charge in [0.1, 0.15) is 11.2 Å². The molecule has 0 atom stereocenters. The monoisotopic (exact) mass is 381 g/mol. The van der Waals surface area contributed by atoms with Crippen LogP contribution in [0.25, 0.3) is 10.9 Å². The Kier molecular flexibility index (Phi) is 4.66. The van der Waals surface area contributed by atoms with Crippen LogP contribution in [0.5, 0.6) is 0 Å². The number of rotatable bonds is 4. The Morgan fingerprint density at radius 2 is 1.86 bits per heavy atom. The highest BCUT2D eigenvalue weighted by Gasteiger charge is 2.18. The summed E-state index contributed by atoms with van der Waals surface area (Å²) < 4.78 is 6.86. The second-order valence-electron chi connectivity index (χ2n) is 6.47. The third kappa shape index (κ3) is 3.39. The van der Waals surface area contributed by atoms with E-state index >= 15 is 0 Å². The Balaban J connectivity index is 1.80. The largest absolute Gasteiger partial charge is 0.478 e. The molecule has 2 aromatic heterocycles. The summed E-state index contributed by atoms with van der Waals surface area (Å²) in [7, 11) is 1.67. The number of morpholine rings is 1. The maximum absolute atomic E-state index is 12.7. The van der Waals surface area contributed by atoms with Crippen molar-refractivity contribution in [1.29, 1.82) is 0 Å². The van der Waals surface area contributed by atoms with E-state index in [1.807, 2.05) is 4.90 Å². The molecule has 1 saturated heterocycles. The number of benzene rings is 1. The molecule has 2 N–H and O–H groups in total. The first kappa shape index (κ1) is 17.9. The standard InChI is InChI=1S/C19H19N5O4/c1-23-7-6-14-15(17(23)25)16(20-13-4-2-12(3-5-13)18(26)27)22-19(21-14)24-8-10-28-11-9-24/h2-7H,8-11H2,1H3,(H,26,27)(H,20,21,22). The second-order valence-corrected chi connectivity index (χ2v) is 6.47. The third-order valence-electron chi connectivity index (χ3n) is 4.60. The number of nitrogens with one attached hydrogen (secondary N) is 1. The van der Waals surface area contributed by atoms with Crippen LogP contribution in [-0.2, 0) is 11.8 Å². The van der Waals surface area contributed by atoms with Crippen LogP contribution in [0.4, 0.5) is 17.5 Å². The number of aryl methyl sites for hydroxylation is 1. The molecule has 1 aliphatic rings. The van der Waals surface area contributed by atoms with E-state index in [2.05, 4.69) is 15.3 Å². The molecule has 0 bridgehead atoms. The SMILES string of the molecule is Cn1ccc2nc(N3CCOCC3)nc(Nc3ccc(C(=O)O)cc3)c2c1=O. The number of fused-ring (bicyclic) bond motifs is 1. The van der Waals surface area contributed by atoms with Gasteiger partial charge in [-0.1, -0.05) is 0 Å². The van der Waals surface area contributed by atoms with Gasteiger partial charge < -0.3 is 24.6 Å². The van der Waals surface area contributed by atoms with Crippen molar-refractivity contribution in [2.45, 2.75) is 0 Å². The molecule has 28 heavy (non-hydrogen) atoms. The van der Waals surface area contributed by atoms with E-state index in [1.54, 1.807) is 31.4 Å². The number of ether oxygens (including phenoxy) is 1. The number of pyridine rings is 1. The van der Waals surface area contributed by atoms with Crippen LogP contribution in [0.15, 0.2) is 41.3 Å². The zero-order valence-corrected chi connectivity index (χ0v) is 15.3. The van der Waals surface area contributed by atoms with E-state index in [9.17, 15) is 9.59 Å². The molecule has 0 radical (unpaired) electrons. The minimum absolute atomic E-state index is 0.183. The molecule has 1 fully saturated rings. The van der Waals surface area contributed by atoms with E-state index in [4.69, 9.17) is 9.84 Å². The summed E-state index contributed by atoms with van der Waals surface area (Å²) in [5.41, 5.74) is 1.15. The summed E-state index contributed by atoms with van der Waals surface area (Å²) in [5.74, 6) is -0.0908. The topological polar surface area (TPSA) is 110 Å². The zero-order chi connectivity index (χ0) is 19.7. The Bertz CT molecular complexity index is 1090. The number of carboxylic acid groups (broad SMARTS) is 1. The summed E-state index contributed by atoms with van der Waals surface area (Å²) in [6, 6.07) is 8.05. The number of aromatic carboxylic acids is 1. The number of hydrogen-bond acceptors (Lipinski definition) is 7. The number of carboxylic acids is 1. The van der Waals surface area contributed by atoms with Crippen LogP contribution >= 0.6 is 0 Å². The lowest BCUT2D eigenvalue weighted by Crippen LogP contribution is -2.37. The molecule has 3 aromatic rings. The molecular weight excluding hydrogens is 362 g/mol. The third-order valence-corrected chi connectivity index (χ3v) is 4.60. The van der Waals surface area contributed by atoms with Gasteiger partial charge in [-0.25, -0.2) is 9.78 Å². The van der Waals surface area contributed by atoms with E-state index in [0.717, 1.165) is 0 Å². The average Bonchev–Trinajstić information content (AvgIpc) is 2.71. The first-order valence-electron chi connectivity index (χ1n) is 8.83. The zero-order valence-electron chi connectivity index (χ0n) is 15.3. The molecule has 144 valence electrons. The van der Waals surface area contributed by atoms with Gasteiger partial charge in [-0.2, -0.15) is 4.98 Å². The highest BCUT2D eigenvalue weighted by atomic mass is 16.5. The van der Waals surface area contributed by atoms with Crippen LogP contribution in [0.2, 0.25) is 0 Å². The lowest BCUT2D eigenvalue weighted by atomic mass is 10.2. The van der Waals surface area contributed by atoms with Gasteiger partial charge in [0, 0.05) is 32.0 Å². The lowest BCUT2D eigenvalue weighted by Gasteiger charge is -2.27. The number of carbonyl (C=O) groups is 1. The van der Waals surface area contributed by atoms with Crippen LogP contribution < -0.4 is 15.8 Å². The van der Waals surface area contributed by atoms with Crippen LogP contribution in [-0.4, -0.2) is 51.9 Å². The van der Waals surface area contributed by atoms with E-state index < -0.39 is 5.97 Å². The molecule has 9 nitrogen and oxygen atoms in total. The summed E-state index contributed by atoms with van der Waals surface area (Å²) in [4.78, 5) is 34.9. The molecule has 4 rings (SSSR count). The van der Waals surface area contributed by atoms with Gasteiger partial charge in [-0.05, 0) is 30.3 Å². The summed E-state index contributed by atoms with van der Waals surface area (Å²) in [6.07, 6.45) is 1.67. The normalized spacial score (nSPS) is 14.2. The average molecular weight is 381 g/mol. The molecule has 0 unspecified atom stereocenters. The Hall–Kier alpha value is -3.46. The number of nitrogens with zero attached hydrogens (tertiary/aromatic N) is 4. The van der Waals surface area contributed by atoms with E-state index in [0.29, 0.717) is 54.7 Å². The molecule has 1 aromatic carbocycles. The molecule has 0 aliphatic carbocycles. The van der Waals surface area contributed by atoms with Crippen molar-refractivity contribution in [1.82, 2.24) is 14.5 Å². The van der Waals surface area contributed by atoms with Crippen molar-refractivity contribution >= 4 is 34.3 Å². The van der Waals surface area contributed by atoms with E-state index in [1.165, 1.54) is 16.7 Å². The van der Waals surface area contributed by atoms with Gasteiger partial charge in [-0.15, -0.1) is 0 Å². The number of anilines is 3. The van der Waals surface area contributed by atoms with Crippen molar-refractivity contribution < 1.29 is 14.6 Å². The van der Waals surface area contributed by atoms with Crippen molar-refractivity contribution in [3.8, 4) is 0 Å². The quantitative estimate of drug-likeness (QED) is 0.701. The molecule has 0 spiro atoms. The number of aromatic nitrogens is 3. The molecule has 1 aliphatic heterocycles. The first-order valence-corrected chi connectivity index (χ1v) is 8.83. The van der Waals surface area contributed by atoms with Crippen LogP contribution in [0.1, 0.15) is 10.4 Å². The molecule has 3 heterocycles. The van der Waals surface area contributed by atoms with Crippen molar-refractivity contribution in [2.75, 3.05) is 36.5 Å². The maximum Gasteiger partial charge on any atom is 0.335 e. The predicted octanol–water partition coefficient (Wildman–Crippen LogP) is 1.61. The first-order chi connectivity index (χ1) is 13.5. The Morgan fingerprint density at radius 3 is 2.54 bits per heavy atom. The predicted molar refractivity (Wildman–Crippen MR) is 104 cm³/mol. The number of hydrogen-bond donors (Lipinski definition) is 2. The Morgan fingerprint density at radius 1 is 1.14 bits per heavy atom. The summed E-state index contributed by atoms with van der Waals surface area (Å²) >= 11 is 0. The van der Waals surface area contributed by atoms with E-state index in [-0.39, 0.29) is 11.1 Å². The molecule has 0 saturated carbocycles. The highest BCUT2D eigenvalue weighted by Crippen LogP contribution is 2.24.